The van der Waals surface area contributed by atoms with Crippen LogP contribution in [0.2, 0.25) is 0 Å². The number of carboxylic acid groups (broad SMARTS) is 1. The molecule has 1 rings (SSSR count). The van der Waals surface area contributed by atoms with Crippen molar-refractivity contribution in [3.8, 4) is 0 Å². The van der Waals surface area contributed by atoms with Crippen LogP contribution in [0.4, 0.5) is 22.0 Å². The van der Waals surface area contributed by atoms with Gasteiger partial charge in [0, 0.05) is 16.2 Å². The van der Waals surface area contributed by atoms with Gasteiger partial charge in [-0.2, -0.15) is 13.2 Å². The zero-order chi connectivity index (χ0) is 14.1. The largest absolute Gasteiger partial charge is 0.481 e. The van der Waals surface area contributed by atoms with Crippen molar-refractivity contribution in [3.63, 3.8) is 0 Å². The second-order valence-corrected chi connectivity index (χ2v) is 4.06. The van der Waals surface area contributed by atoms with E-state index in [0.29, 0.717) is 0 Å². The highest BCUT2D eigenvalue weighted by Gasteiger charge is 2.40. The first-order valence-electron chi connectivity index (χ1n) is 4.39. The summed E-state index contributed by atoms with van der Waals surface area (Å²) in [6.07, 6.45) is -8.85. The van der Waals surface area contributed by atoms with Gasteiger partial charge in [0.05, 0.1) is 17.7 Å². The minimum atomic E-state index is -5.10. The van der Waals surface area contributed by atoms with Gasteiger partial charge in [0.1, 0.15) is 0 Å². The van der Waals surface area contributed by atoms with E-state index in [0.717, 1.165) is 6.20 Å². The van der Waals surface area contributed by atoms with Gasteiger partial charge in [-0.3, -0.25) is 9.78 Å². The molecule has 0 saturated carbocycles. The Morgan fingerprint density at radius 3 is 2.39 bits per heavy atom. The van der Waals surface area contributed by atoms with E-state index in [1.54, 1.807) is 0 Å². The monoisotopic (exact) mass is 333 g/mol. The van der Waals surface area contributed by atoms with Gasteiger partial charge >= 0.3 is 12.1 Å². The lowest BCUT2D eigenvalue weighted by atomic mass is 10.0. The molecular formula is C9H5BrF5NO2. The topological polar surface area (TPSA) is 50.2 Å². The van der Waals surface area contributed by atoms with Crippen LogP contribution in [0.25, 0.3) is 0 Å². The Balaban J connectivity index is 3.54. The molecule has 0 atom stereocenters. The van der Waals surface area contributed by atoms with Gasteiger partial charge in [0.2, 0.25) is 0 Å². The van der Waals surface area contributed by atoms with Crippen molar-refractivity contribution in [1.29, 1.82) is 0 Å². The van der Waals surface area contributed by atoms with E-state index in [-0.39, 0.29) is 0 Å². The number of nitrogens with zero attached hydrogens (tertiary/aromatic N) is 1. The molecule has 0 fully saturated rings. The molecule has 0 aliphatic carbocycles. The Kier molecular flexibility index (Phi) is 4.25. The lowest BCUT2D eigenvalue weighted by Crippen LogP contribution is -2.17. The predicted molar refractivity (Wildman–Crippen MR) is 53.2 cm³/mol. The maximum Gasteiger partial charge on any atom is 0.418 e. The number of hydrogen-bond acceptors (Lipinski definition) is 2. The van der Waals surface area contributed by atoms with E-state index >= 15 is 0 Å². The Morgan fingerprint density at radius 2 is 2.00 bits per heavy atom. The van der Waals surface area contributed by atoms with Crippen molar-refractivity contribution in [2.75, 3.05) is 0 Å². The molecule has 1 heterocycles. The highest BCUT2D eigenvalue weighted by atomic mass is 79.9. The maximum absolute atomic E-state index is 12.7. The fourth-order valence-corrected chi connectivity index (χ4v) is 1.82. The summed E-state index contributed by atoms with van der Waals surface area (Å²) in [5.74, 6) is -1.59. The van der Waals surface area contributed by atoms with Crippen LogP contribution < -0.4 is 0 Å². The van der Waals surface area contributed by atoms with Crippen LogP contribution in [0.3, 0.4) is 0 Å². The number of rotatable bonds is 3. The molecule has 0 aliphatic rings. The minimum Gasteiger partial charge on any atom is -0.481 e. The first-order chi connectivity index (χ1) is 8.14. The summed E-state index contributed by atoms with van der Waals surface area (Å²) in [6, 6.07) is 0. The van der Waals surface area contributed by atoms with E-state index in [1.165, 1.54) is 0 Å². The van der Waals surface area contributed by atoms with Crippen molar-refractivity contribution < 1.29 is 31.9 Å². The lowest BCUT2D eigenvalue weighted by molar-refractivity contribution is -0.141. The van der Waals surface area contributed by atoms with Crippen LogP contribution in [-0.2, 0) is 17.4 Å². The molecule has 0 spiro atoms. The molecular weight excluding hydrogens is 329 g/mol. The molecule has 18 heavy (non-hydrogen) atoms. The molecule has 1 aromatic heterocycles. The average Bonchev–Trinajstić information content (AvgIpc) is 2.17. The van der Waals surface area contributed by atoms with Gasteiger partial charge in [-0.1, -0.05) is 0 Å². The number of carboxylic acids is 1. The van der Waals surface area contributed by atoms with Crippen LogP contribution in [0, 0.1) is 0 Å². The van der Waals surface area contributed by atoms with E-state index < -0.39 is 46.3 Å². The molecule has 100 valence electrons. The Labute approximate surface area is 106 Å². The molecule has 3 nitrogen and oxygen atoms in total. The standard InChI is InChI=1S/C9H5BrF5NO2/c10-3-2-16-4(1-5(17)18)7(9(13,14)15)6(3)8(11)12/h2,8H,1H2,(H,17,18). The number of alkyl halides is 5. The maximum atomic E-state index is 12.7. The molecule has 0 unspecified atom stereocenters. The third kappa shape index (κ3) is 3.15. The Hall–Kier alpha value is -1.25. The zero-order valence-electron chi connectivity index (χ0n) is 8.43. The molecule has 0 bridgehead atoms. The summed E-state index contributed by atoms with van der Waals surface area (Å²) >= 11 is 2.55. The van der Waals surface area contributed by atoms with E-state index in [2.05, 4.69) is 20.9 Å². The van der Waals surface area contributed by atoms with Gasteiger partial charge < -0.3 is 5.11 Å². The van der Waals surface area contributed by atoms with E-state index in [4.69, 9.17) is 5.11 Å². The van der Waals surface area contributed by atoms with Crippen molar-refractivity contribution in [2.24, 2.45) is 0 Å². The van der Waals surface area contributed by atoms with Crippen molar-refractivity contribution in [1.82, 2.24) is 4.98 Å². The normalized spacial score (nSPS) is 11.9. The quantitative estimate of drug-likeness (QED) is 0.862. The van der Waals surface area contributed by atoms with Crippen LogP contribution in [-0.4, -0.2) is 16.1 Å². The number of aromatic nitrogens is 1. The van der Waals surface area contributed by atoms with Gasteiger partial charge in [-0.15, -0.1) is 0 Å². The van der Waals surface area contributed by atoms with Crippen LogP contribution >= 0.6 is 15.9 Å². The van der Waals surface area contributed by atoms with Gasteiger partial charge in [0.25, 0.3) is 6.43 Å². The first-order valence-corrected chi connectivity index (χ1v) is 5.18. The second-order valence-electron chi connectivity index (χ2n) is 3.21. The fraction of sp³-hybridized carbons (Fsp3) is 0.333. The number of pyridine rings is 1. The lowest BCUT2D eigenvalue weighted by Gasteiger charge is -2.16. The van der Waals surface area contributed by atoms with Gasteiger partial charge in [0.15, 0.2) is 0 Å². The molecule has 0 aromatic carbocycles. The molecule has 9 heteroatoms. The number of aliphatic carboxylic acids is 1. The number of carbonyl (C=O) groups is 1. The third-order valence-corrected chi connectivity index (χ3v) is 2.60. The Morgan fingerprint density at radius 1 is 1.44 bits per heavy atom. The van der Waals surface area contributed by atoms with Crippen molar-refractivity contribution in [3.05, 3.63) is 27.5 Å². The number of halogens is 6. The van der Waals surface area contributed by atoms with E-state index in [9.17, 15) is 26.7 Å². The molecule has 0 amide bonds. The predicted octanol–water partition coefficient (Wildman–Crippen LogP) is 3.43. The molecule has 0 radical (unpaired) electrons. The summed E-state index contributed by atoms with van der Waals surface area (Å²) < 4.78 is 62.9. The van der Waals surface area contributed by atoms with Crippen molar-refractivity contribution >= 4 is 21.9 Å². The highest BCUT2D eigenvalue weighted by Crippen LogP contribution is 2.41. The number of hydrogen-bond donors (Lipinski definition) is 1. The zero-order valence-corrected chi connectivity index (χ0v) is 10.0. The first kappa shape index (κ1) is 14.8. The minimum absolute atomic E-state index is 0.515. The van der Waals surface area contributed by atoms with Crippen LogP contribution in [0.5, 0.6) is 0 Å². The highest BCUT2D eigenvalue weighted by molar-refractivity contribution is 9.10. The molecule has 0 saturated heterocycles. The molecule has 1 aromatic rings. The van der Waals surface area contributed by atoms with Crippen LogP contribution in [0.15, 0.2) is 10.7 Å². The summed E-state index contributed by atoms with van der Waals surface area (Å²) in [5, 5.41) is 8.45. The van der Waals surface area contributed by atoms with E-state index in [1.807, 2.05) is 0 Å². The van der Waals surface area contributed by atoms with Crippen LogP contribution in [0.1, 0.15) is 23.2 Å². The van der Waals surface area contributed by atoms with Gasteiger partial charge in [-0.05, 0) is 15.9 Å². The SMILES string of the molecule is O=C(O)Cc1ncc(Br)c(C(F)F)c1C(F)(F)F. The van der Waals surface area contributed by atoms with Gasteiger partial charge in [-0.25, -0.2) is 8.78 Å². The summed E-state index contributed by atoms with van der Waals surface area (Å²) in [5.41, 5.74) is -3.93. The smallest absolute Gasteiger partial charge is 0.418 e. The fourth-order valence-electron chi connectivity index (χ4n) is 1.35. The second kappa shape index (κ2) is 5.17. The Bertz CT molecular complexity index is 475. The summed E-state index contributed by atoms with van der Waals surface area (Å²) in [7, 11) is 0. The molecule has 1 N–H and O–H groups in total. The molecule has 0 aliphatic heterocycles. The summed E-state index contributed by atoms with van der Waals surface area (Å²) in [6.45, 7) is 0. The van der Waals surface area contributed by atoms with Crippen molar-refractivity contribution in [2.45, 2.75) is 19.0 Å². The average molecular weight is 334 g/mol. The summed E-state index contributed by atoms with van der Waals surface area (Å²) in [4.78, 5) is 13.7. The third-order valence-electron chi connectivity index (χ3n) is 1.97.